The summed E-state index contributed by atoms with van der Waals surface area (Å²) in [4.78, 5) is 0. The standard InChI is InChI=1S/C14H23NOS/c1-4-14(13-8-6-5-7-9-13)15-12(2)10-11-17(3)16/h5-9,12,14-15H,4,10-11H2,1-3H3. The maximum absolute atomic E-state index is 11.1. The Morgan fingerprint density at radius 2 is 1.94 bits per heavy atom. The van der Waals surface area contributed by atoms with Gasteiger partial charge in [0.1, 0.15) is 0 Å². The van der Waals surface area contributed by atoms with Gasteiger partial charge in [0, 0.05) is 34.9 Å². The van der Waals surface area contributed by atoms with Crippen molar-refractivity contribution in [2.45, 2.75) is 38.8 Å². The van der Waals surface area contributed by atoms with Crippen LogP contribution in [0.4, 0.5) is 0 Å². The van der Waals surface area contributed by atoms with Crippen LogP contribution in [0.15, 0.2) is 30.3 Å². The molecule has 1 rings (SSSR count). The van der Waals surface area contributed by atoms with Crippen LogP contribution in [0.5, 0.6) is 0 Å². The molecule has 0 saturated carbocycles. The molecule has 0 aliphatic rings. The van der Waals surface area contributed by atoms with Crippen LogP contribution in [0, 0.1) is 0 Å². The van der Waals surface area contributed by atoms with Crippen molar-refractivity contribution >= 4 is 10.8 Å². The highest BCUT2D eigenvalue weighted by Crippen LogP contribution is 2.17. The number of rotatable bonds is 7. The summed E-state index contributed by atoms with van der Waals surface area (Å²) in [7, 11) is -0.687. The van der Waals surface area contributed by atoms with Gasteiger partial charge in [0.05, 0.1) is 0 Å². The van der Waals surface area contributed by atoms with Gasteiger partial charge in [-0.1, -0.05) is 37.3 Å². The van der Waals surface area contributed by atoms with Gasteiger partial charge in [0.15, 0.2) is 0 Å². The Kier molecular flexibility index (Phi) is 6.45. The summed E-state index contributed by atoms with van der Waals surface area (Å²) in [6.45, 7) is 4.35. The summed E-state index contributed by atoms with van der Waals surface area (Å²) in [6, 6.07) is 11.3. The van der Waals surface area contributed by atoms with Crippen LogP contribution in [0.3, 0.4) is 0 Å². The minimum atomic E-state index is -0.687. The van der Waals surface area contributed by atoms with Crippen molar-refractivity contribution < 1.29 is 4.21 Å². The van der Waals surface area contributed by atoms with Crippen molar-refractivity contribution in [3.8, 4) is 0 Å². The second kappa shape index (κ2) is 7.62. The predicted octanol–water partition coefficient (Wildman–Crippen LogP) is 2.88. The minimum absolute atomic E-state index is 0.400. The molecule has 0 heterocycles. The average molecular weight is 253 g/mol. The molecule has 2 nitrogen and oxygen atoms in total. The van der Waals surface area contributed by atoms with E-state index in [0.29, 0.717) is 12.1 Å². The van der Waals surface area contributed by atoms with Crippen LogP contribution in [-0.4, -0.2) is 22.3 Å². The van der Waals surface area contributed by atoms with Gasteiger partial charge in [0.25, 0.3) is 0 Å². The second-order valence-corrected chi connectivity index (χ2v) is 6.06. The van der Waals surface area contributed by atoms with E-state index in [1.54, 1.807) is 6.26 Å². The summed E-state index contributed by atoms with van der Waals surface area (Å²) in [6.07, 6.45) is 3.80. The van der Waals surface area contributed by atoms with E-state index < -0.39 is 10.8 Å². The molecule has 1 aromatic rings. The van der Waals surface area contributed by atoms with Crippen molar-refractivity contribution in [1.29, 1.82) is 0 Å². The molecule has 3 heteroatoms. The molecule has 1 aromatic carbocycles. The van der Waals surface area contributed by atoms with Crippen LogP contribution in [0.2, 0.25) is 0 Å². The van der Waals surface area contributed by atoms with Gasteiger partial charge in [-0.15, -0.1) is 0 Å². The topological polar surface area (TPSA) is 29.1 Å². The first kappa shape index (κ1) is 14.4. The molecule has 0 saturated heterocycles. The number of benzene rings is 1. The summed E-state index contributed by atoms with van der Waals surface area (Å²) in [5.74, 6) is 0.777. The number of nitrogens with one attached hydrogen (secondary N) is 1. The van der Waals surface area contributed by atoms with E-state index in [1.807, 2.05) is 6.07 Å². The highest BCUT2D eigenvalue weighted by atomic mass is 32.2. The zero-order valence-electron chi connectivity index (χ0n) is 11.0. The van der Waals surface area contributed by atoms with Crippen molar-refractivity contribution in [2.75, 3.05) is 12.0 Å². The Morgan fingerprint density at radius 1 is 1.29 bits per heavy atom. The lowest BCUT2D eigenvalue weighted by Gasteiger charge is -2.22. The molecule has 3 unspecified atom stereocenters. The quantitative estimate of drug-likeness (QED) is 0.809. The van der Waals surface area contributed by atoms with Crippen LogP contribution in [0.1, 0.15) is 38.3 Å². The van der Waals surface area contributed by atoms with E-state index in [2.05, 4.69) is 43.4 Å². The van der Waals surface area contributed by atoms with Gasteiger partial charge in [-0.05, 0) is 25.3 Å². The summed E-state index contributed by atoms with van der Waals surface area (Å²) < 4.78 is 11.1. The average Bonchev–Trinajstić information content (AvgIpc) is 2.34. The molecule has 0 aliphatic heterocycles. The van der Waals surface area contributed by atoms with Gasteiger partial charge in [-0.25, -0.2) is 0 Å². The maximum Gasteiger partial charge on any atom is 0.0319 e. The van der Waals surface area contributed by atoms with E-state index in [0.717, 1.165) is 18.6 Å². The smallest absolute Gasteiger partial charge is 0.0319 e. The number of hydrogen-bond acceptors (Lipinski definition) is 2. The molecule has 96 valence electrons. The highest BCUT2D eigenvalue weighted by molar-refractivity contribution is 7.84. The van der Waals surface area contributed by atoms with Gasteiger partial charge in [0.2, 0.25) is 0 Å². The van der Waals surface area contributed by atoms with Crippen LogP contribution >= 0.6 is 0 Å². The molecule has 0 bridgehead atoms. The maximum atomic E-state index is 11.1. The van der Waals surface area contributed by atoms with Crippen molar-refractivity contribution in [3.63, 3.8) is 0 Å². The van der Waals surface area contributed by atoms with Gasteiger partial charge in [-0.2, -0.15) is 0 Å². The van der Waals surface area contributed by atoms with Crippen LogP contribution in [0.25, 0.3) is 0 Å². The Morgan fingerprint density at radius 3 is 2.47 bits per heavy atom. The molecule has 0 aromatic heterocycles. The minimum Gasteiger partial charge on any atom is -0.307 e. The first-order valence-electron chi connectivity index (χ1n) is 6.24. The molecule has 0 aliphatic carbocycles. The SMILES string of the molecule is CCC(NC(C)CCS(C)=O)c1ccccc1. The lowest BCUT2D eigenvalue weighted by atomic mass is 10.0. The molecule has 3 atom stereocenters. The molecule has 0 spiro atoms. The zero-order chi connectivity index (χ0) is 12.7. The number of hydrogen-bond donors (Lipinski definition) is 1. The highest BCUT2D eigenvalue weighted by Gasteiger charge is 2.12. The Bertz CT molecular complexity index is 339. The third-order valence-electron chi connectivity index (χ3n) is 2.93. The third-order valence-corrected chi connectivity index (χ3v) is 3.74. The van der Waals surface area contributed by atoms with Crippen molar-refractivity contribution in [1.82, 2.24) is 5.32 Å². The predicted molar refractivity (Wildman–Crippen MR) is 75.6 cm³/mol. The Hall–Kier alpha value is -0.670. The third kappa shape index (κ3) is 5.46. The fraction of sp³-hybridized carbons (Fsp3) is 0.571. The molecule has 17 heavy (non-hydrogen) atoms. The van der Waals surface area contributed by atoms with Gasteiger partial charge < -0.3 is 5.32 Å². The van der Waals surface area contributed by atoms with Gasteiger partial charge in [-0.3, -0.25) is 4.21 Å². The molecule has 0 fully saturated rings. The lowest BCUT2D eigenvalue weighted by molar-refractivity contribution is 0.438. The fourth-order valence-corrected chi connectivity index (χ4v) is 2.59. The van der Waals surface area contributed by atoms with E-state index in [9.17, 15) is 4.21 Å². The van der Waals surface area contributed by atoms with Crippen LogP contribution < -0.4 is 5.32 Å². The zero-order valence-corrected chi connectivity index (χ0v) is 11.8. The molecule has 0 amide bonds. The normalized spacial score (nSPS) is 16.4. The molecular weight excluding hydrogens is 230 g/mol. The van der Waals surface area contributed by atoms with Crippen molar-refractivity contribution in [2.24, 2.45) is 0 Å². The summed E-state index contributed by atoms with van der Waals surface area (Å²) >= 11 is 0. The molecular formula is C14H23NOS. The first-order chi connectivity index (χ1) is 8.13. The second-order valence-electron chi connectivity index (χ2n) is 4.51. The van der Waals surface area contributed by atoms with E-state index in [1.165, 1.54) is 5.56 Å². The van der Waals surface area contributed by atoms with Crippen molar-refractivity contribution in [3.05, 3.63) is 35.9 Å². The summed E-state index contributed by atoms with van der Waals surface area (Å²) in [5.41, 5.74) is 1.33. The van der Waals surface area contributed by atoms with E-state index in [-0.39, 0.29) is 0 Å². The lowest BCUT2D eigenvalue weighted by Crippen LogP contribution is -2.31. The summed E-state index contributed by atoms with van der Waals surface area (Å²) in [5, 5.41) is 3.60. The molecule has 0 radical (unpaired) electrons. The van der Waals surface area contributed by atoms with E-state index in [4.69, 9.17) is 0 Å². The fourth-order valence-electron chi connectivity index (χ4n) is 1.90. The van der Waals surface area contributed by atoms with Crippen LogP contribution in [-0.2, 0) is 10.8 Å². The Balaban J connectivity index is 2.49. The monoisotopic (exact) mass is 253 g/mol. The van der Waals surface area contributed by atoms with E-state index >= 15 is 0 Å². The first-order valence-corrected chi connectivity index (χ1v) is 7.97. The molecule has 1 N–H and O–H groups in total. The van der Waals surface area contributed by atoms with Gasteiger partial charge >= 0.3 is 0 Å². The largest absolute Gasteiger partial charge is 0.307 e. The Labute approximate surface area is 107 Å².